The first-order valence-corrected chi connectivity index (χ1v) is 12.4. The molecule has 0 spiro atoms. The molecule has 2 N–H and O–H groups in total. The monoisotopic (exact) mass is 485 g/mol. The molecule has 0 heterocycles. The number of benzene rings is 1. The zero-order valence-electron chi connectivity index (χ0n) is 22.5. The number of terminal acetylenes is 1. The summed E-state index contributed by atoms with van der Waals surface area (Å²) in [5, 5.41) is 5.53. The Morgan fingerprint density at radius 2 is 1.60 bits per heavy atom. The van der Waals surface area contributed by atoms with Crippen molar-refractivity contribution in [2.24, 2.45) is 0 Å². The minimum absolute atomic E-state index is 0.272. The molecule has 0 radical (unpaired) electrons. The number of alkyl carbamates (subject to hydrolysis) is 1. The lowest BCUT2D eigenvalue weighted by atomic mass is 9.99. The number of unbranched alkanes of at least 4 members (excludes halogenated alkanes) is 4. The smallest absolute Gasteiger partial charge is 0.408 e. The molecule has 0 saturated heterocycles. The van der Waals surface area contributed by atoms with Crippen LogP contribution >= 0.6 is 0 Å². The van der Waals surface area contributed by atoms with Crippen molar-refractivity contribution in [2.75, 3.05) is 13.1 Å². The van der Waals surface area contributed by atoms with E-state index in [1.165, 1.54) is 0 Å². The fourth-order valence-electron chi connectivity index (χ4n) is 3.52. The maximum Gasteiger partial charge on any atom is 0.408 e. The van der Waals surface area contributed by atoms with Crippen molar-refractivity contribution < 1.29 is 19.1 Å². The van der Waals surface area contributed by atoms with Gasteiger partial charge in [-0.05, 0) is 65.7 Å². The Morgan fingerprint density at radius 3 is 2.11 bits per heavy atom. The van der Waals surface area contributed by atoms with Crippen LogP contribution in [0.4, 0.5) is 4.79 Å². The summed E-state index contributed by atoms with van der Waals surface area (Å²) in [6, 6.07) is 6.22. The molecule has 0 aromatic heterocycles. The molecule has 0 aliphatic carbocycles. The predicted octanol–water partition coefficient (Wildman–Crippen LogP) is 4.95. The second-order valence-corrected chi connectivity index (χ2v) is 10.8. The normalized spacial score (nSPS) is 12.3. The van der Waals surface area contributed by atoms with Gasteiger partial charge in [0.1, 0.15) is 18.2 Å². The zero-order valence-corrected chi connectivity index (χ0v) is 22.5. The summed E-state index contributed by atoms with van der Waals surface area (Å²) in [5.41, 5.74) is 0.177. The van der Waals surface area contributed by atoms with Crippen LogP contribution in [0.1, 0.15) is 97.7 Å². The second-order valence-electron chi connectivity index (χ2n) is 10.8. The number of carbonyl (C=O) groups is 3. The molecule has 0 aliphatic rings. The summed E-state index contributed by atoms with van der Waals surface area (Å²) in [6.07, 6.45) is 9.81. The lowest BCUT2D eigenvalue weighted by Crippen LogP contribution is -2.51. The lowest BCUT2D eigenvalue weighted by molar-refractivity contribution is -0.141. The molecule has 1 atom stereocenters. The van der Waals surface area contributed by atoms with Crippen LogP contribution in [-0.2, 0) is 14.3 Å². The number of ether oxygens (including phenoxy) is 1. The summed E-state index contributed by atoms with van der Waals surface area (Å²) in [6.45, 7) is 13.2. The topological polar surface area (TPSA) is 87.7 Å². The van der Waals surface area contributed by atoms with Crippen LogP contribution in [0.25, 0.3) is 0 Å². The zero-order chi connectivity index (χ0) is 26.6. The highest BCUT2D eigenvalue weighted by Gasteiger charge is 2.33. The number of carbonyl (C=O) groups excluding carboxylic acids is 3. The van der Waals surface area contributed by atoms with Crippen molar-refractivity contribution in [2.45, 2.75) is 97.8 Å². The maximum absolute atomic E-state index is 13.5. The first-order valence-electron chi connectivity index (χ1n) is 12.4. The van der Waals surface area contributed by atoms with E-state index in [9.17, 15) is 14.4 Å². The fourth-order valence-corrected chi connectivity index (χ4v) is 3.52. The van der Waals surface area contributed by atoms with Crippen LogP contribution in [0.5, 0.6) is 0 Å². The van der Waals surface area contributed by atoms with Crippen molar-refractivity contribution >= 4 is 17.9 Å². The number of nitrogens with zero attached hydrogens (tertiary/aromatic N) is 1. The highest BCUT2D eigenvalue weighted by molar-refractivity contribution is 5.90. The number of nitrogens with one attached hydrogen (secondary N) is 2. The molecule has 7 heteroatoms. The Bertz CT molecular complexity index is 873. The van der Waals surface area contributed by atoms with E-state index in [0.717, 1.165) is 32.1 Å². The van der Waals surface area contributed by atoms with E-state index in [1.807, 2.05) is 20.8 Å². The number of rotatable bonds is 11. The molecule has 7 nitrogen and oxygen atoms in total. The van der Waals surface area contributed by atoms with E-state index in [1.54, 1.807) is 49.9 Å². The summed E-state index contributed by atoms with van der Waals surface area (Å²) in [5.74, 6) is 1.93. The number of hydrogen-bond acceptors (Lipinski definition) is 4. The van der Waals surface area contributed by atoms with Gasteiger partial charge in [-0.2, -0.15) is 0 Å². The molecular weight excluding hydrogens is 442 g/mol. The average molecular weight is 486 g/mol. The highest BCUT2D eigenvalue weighted by atomic mass is 16.6. The summed E-state index contributed by atoms with van der Waals surface area (Å²) < 4.78 is 5.26. The molecule has 35 heavy (non-hydrogen) atoms. The van der Waals surface area contributed by atoms with Gasteiger partial charge >= 0.3 is 6.09 Å². The molecule has 0 bridgehead atoms. The van der Waals surface area contributed by atoms with Gasteiger partial charge in [0.25, 0.3) is 0 Å². The largest absolute Gasteiger partial charge is 0.444 e. The predicted molar refractivity (Wildman–Crippen MR) is 140 cm³/mol. The Labute approximate surface area is 211 Å². The van der Waals surface area contributed by atoms with Gasteiger partial charge in [-0.3, -0.25) is 9.59 Å². The molecule has 1 aromatic carbocycles. The molecule has 1 rings (SSSR count). The van der Waals surface area contributed by atoms with E-state index in [-0.39, 0.29) is 18.4 Å². The Hall–Kier alpha value is -3.01. The van der Waals surface area contributed by atoms with Gasteiger partial charge < -0.3 is 20.3 Å². The van der Waals surface area contributed by atoms with E-state index in [2.05, 4.69) is 23.5 Å². The highest BCUT2D eigenvalue weighted by Crippen LogP contribution is 2.24. The van der Waals surface area contributed by atoms with Gasteiger partial charge in [0.15, 0.2) is 0 Å². The molecular formula is C28H43N3O4. The van der Waals surface area contributed by atoms with Crippen molar-refractivity contribution in [1.29, 1.82) is 0 Å². The Morgan fingerprint density at radius 1 is 1.00 bits per heavy atom. The third kappa shape index (κ3) is 11.8. The van der Waals surface area contributed by atoms with Crippen molar-refractivity contribution in [3.05, 3.63) is 35.4 Å². The van der Waals surface area contributed by atoms with Gasteiger partial charge in [0.2, 0.25) is 11.8 Å². The molecule has 3 amide bonds. The van der Waals surface area contributed by atoms with E-state index >= 15 is 0 Å². The van der Waals surface area contributed by atoms with Crippen molar-refractivity contribution in [3.63, 3.8) is 0 Å². The molecule has 1 unspecified atom stereocenters. The maximum atomic E-state index is 13.5. The SMILES string of the molecule is C#Cc1ccc(C(C(=O)NC(C)(C)C)N(CCCCCCC)C(=O)CNC(=O)OC(C)(C)C)cc1. The van der Waals surface area contributed by atoms with Crippen LogP contribution < -0.4 is 10.6 Å². The van der Waals surface area contributed by atoms with Crippen LogP contribution in [-0.4, -0.2) is 47.0 Å². The minimum Gasteiger partial charge on any atom is -0.444 e. The third-order valence-corrected chi connectivity index (χ3v) is 5.06. The van der Waals surface area contributed by atoms with Gasteiger partial charge in [0.05, 0.1) is 0 Å². The number of hydrogen-bond donors (Lipinski definition) is 2. The standard InChI is InChI=1S/C28H43N3O4/c1-9-11-12-13-14-19-31(23(32)20-29-26(34)35-28(6,7)8)24(25(33)30-27(3,4)5)22-17-15-21(10-2)16-18-22/h2,15-18,24H,9,11-14,19-20H2,1,3-8H3,(H,29,34)(H,30,33). The molecule has 0 saturated carbocycles. The van der Waals surface area contributed by atoms with Gasteiger partial charge in [-0.25, -0.2) is 4.79 Å². The van der Waals surface area contributed by atoms with Crippen LogP contribution in [0.2, 0.25) is 0 Å². The molecule has 194 valence electrons. The first kappa shape index (κ1) is 30.0. The summed E-state index contributed by atoms with van der Waals surface area (Å²) in [7, 11) is 0. The fraction of sp³-hybridized carbons (Fsp3) is 0.607. The van der Waals surface area contributed by atoms with E-state index < -0.39 is 23.3 Å². The number of amides is 3. The quantitative estimate of drug-likeness (QED) is 0.343. The Balaban J connectivity index is 3.23. The minimum atomic E-state index is -0.861. The van der Waals surface area contributed by atoms with Crippen molar-refractivity contribution in [1.82, 2.24) is 15.5 Å². The third-order valence-electron chi connectivity index (χ3n) is 5.06. The molecule has 0 fully saturated rings. The summed E-state index contributed by atoms with van der Waals surface area (Å²) >= 11 is 0. The molecule has 1 aromatic rings. The second kappa shape index (κ2) is 13.8. The van der Waals surface area contributed by atoms with E-state index in [4.69, 9.17) is 11.2 Å². The van der Waals surface area contributed by atoms with Crippen LogP contribution in [0, 0.1) is 12.3 Å². The average Bonchev–Trinajstić information content (AvgIpc) is 2.74. The van der Waals surface area contributed by atoms with Crippen LogP contribution in [0.15, 0.2) is 24.3 Å². The van der Waals surface area contributed by atoms with E-state index in [0.29, 0.717) is 17.7 Å². The van der Waals surface area contributed by atoms with Crippen molar-refractivity contribution in [3.8, 4) is 12.3 Å². The molecule has 0 aliphatic heterocycles. The van der Waals surface area contributed by atoms with Gasteiger partial charge in [0, 0.05) is 17.6 Å². The lowest BCUT2D eigenvalue weighted by Gasteiger charge is -2.34. The van der Waals surface area contributed by atoms with Gasteiger partial charge in [-0.1, -0.05) is 50.7 Å². The van der Waals surface area contributed by atoms with Gasteiger partial charge in [-0.15, -0.1) is 6.42 Å². The first-order chi connectivity index (χ1) is 16.3. The van der Waals surface area contributed by atoms with Crippen LogP contribution in [0.3, 0.4) is 0 Å². The Kier molecular flexibility index (Phi) is 11.8. The summed E-state index contributed by atoms with van der Waals surface area (Å²) in [4.78, 5) is 40.5.